The zero-order chi connectivity index (χ0) is 21.6. The Morgan fingerprint density at radius 3 is 2.67 bits per heavy atom. The predicted molar refractivity (Wildman–Crippen MR) is 103 cm³/mol. The molecule has 0 aromatic carbocycles. The number of alkyl halides is 3. The summed E-state index contributed by atoms with van der Waals surface area (Å²) in [7, 11) is 0. The molecule has 0 saturated carbocycles. The van der Waals surface area contributed by atoms with Gasteiger partial charge in [-0.2, -0.15) is 23.4 Å². The number of fused-ring (bicyclic) bond motifs is 1. The molecule has 4 heterocycles. The van der Waals surface area contributed by atoms with Gasteiger partial charge in [-0.1, -0.05) is 0 Å². The number of piperidine rings is 1. The van der Waals surface area contributed by atoms with Gasteiger partial charge in [0.25, 0.3) is 0 Å². The Kier molecular flexibility index (Phi) is 5.03. The molecule has 1 amide bonds. The van der Waals surface area contributed by atoms with Crippen LogP contribution in [0, 0.1) is 13.8 Å². The summed E-state index contributed by atoms with van der Waals surface area (Å²) >= 11 is 0. The minimum absolute atomic E-state index is 0.122. The van der Waals surface area contributed by atoms with Crippen LogP contribution < -0.4 is 0 Å². The Bertz CT molecular complexity index is 1090. The van der Waals surface area contributed by atoms with Crippen molar-refractivity contribution in [3.63, 3.8) is 0 Å². The van der Waals surface area contributed by atoms with Crippen LogP contribution in [0.3, 0.4) is 0 Å². The molecule has 1 fully saturated rings. The lowest BCUT2D eigenvalue weighted by Gasteiger charge is -2.36. The van der Waals surface area contributed by atoms with E-state index in [9.17, 15) is 18.0 Å². The van der Waals surface area contributed by atoms with Gasteiger partial charge in [-0.25, -0.2) is 9.50 Å². The minimum atomic E-state index is -4.55. The molecule has 0 unspecified atom stereocenters. The van der Waals surface area contributed by atoms with Gasteiger partial charge in [0.05, 0.1) is 11.7 Å². The van der Waals surface area contributed by atoms with Gasteiger partial charge in [-0.05, 0) is 52.2 Å². The van der Waals surface area contributed by atoms with Gasteiger partial charge >= 0.3 is 6.18 Å². The van der Waals surface area contributed by atoms with E-state index >= 15 is 0 Å². The van der Waals surface area contributed by atoms with E-state index in [2.05, 4.69) is 15.2 Å². The molecule has 4 rings (SSSR count). The quantitative estimate of drug-likeness (QED) is 0.645. The van der Waals surface area contributed by atoms with E-state index in [0.717, 1.165) is 29.1 Å². The van der Waals surface area contributed by atoms with Crippen LogP contribution >= 0.6 is 0 Å². The third kappa shape index (κ3) is 3.54. The van der Waals surface area contributed by atoms with E-state index in [-0.39, 0.29) is 17.2 Å². The van der Waals surface area contributed by atoms with Crippen molar-refractivity contribution in [2.24, 2.45) is 0 Å². The number of carbonyl (C=O) groups is 1. The number of aryl methyl sites for hydroxylation is 2. The van der Waals surface area contributed by atoms with Crippen molar-refractivity contribution in [2.75, 3.05) is 6.54 Å². The largest absolute Gasteiger partial charge is 0.433 e. The van der Waals surface area contributed by atoms with Crippen molar-refractivity contribution < 1.29 is 18.0 Å². The molecule has 0 bridgehead atoms. The van der Waals surface area contributed by atoms with E-state index in [0.29, 0.717) is 18.7 Å². The Morgan fingerprint density at radius 1 is 1.23 bits per heavy atom. The fraction of sp³-hybridized carbons (Fsp3) is 0.500. The van der Waals surface area contributed by atoms with Crippen molar-refractivity contribution in [3.8, 4) is 0 Å². The molecule has 1 saturated heterocycles. The highest BCUT2D eigenvalue weighted by Crippen LogP contribution is 2.34. The normalized spacial score (nSPS) is 18.7. The molecular formula is C20H23F3N6O. The lowest BCUT2D eigenvalue weighted by Crippen LogP contribution is -2.42. The van der Waals surface area contributed by atoms with E-state index in [1.54, 1.807) is 28.8 Å². The van der Waals surface area contributed by atoms with Crippen molar-refractivity contribution in [1.82, 2.24) is 29.3 Å². The first-order valence-electron chi connectivity index (χ1n) is 9.92. The van der Waals surface area contributed by atoms with Gasteiger partial charge in [-0.15, -0.1) is 0 Å². The summed E-state index contributed by atoms with van der Waals surface area (Å²) in [4.78, 5) is 19.2. The van der Waals surface area contributed by atoms with E-state index < -0.39 is 24.0 Å². The van der Waals surface area contributed by atoms with Crippen LogP contribution in [0.25, 0.3) is 5.65 Å². The molecule has 0 spiro atoms. The molecule has 0 aliphatic carbocycles. The SMILES string of the molecule is Cc1cc(C(F)(F)F)n2nc([C@@H]3CCCCN3C(=O)[C@H](C)n3nccc3C)cc2n1. The number of nitrogens with zero attached hydrogens (tertiary/aromatic N) is 6. The second-order valence-corrected chi connectivity index (χ2v) is 7.76. The fourth-order valence-electron chi connectivity index (χ4n) is 4.12. The Labute approximate surface area is 171 Å². The van der Waals surface area contributed by atoms with Crippen LogP contribution in [0.4, 0.5) is 13.2 Å². The summed E-state index contributed by atoms with van der Waals surface area (Å²) in [5.41, 5.74) is 0.819. The average molecular weight is 420 g/mol. The molecule has 1 aliphatic rings. The third-order valence-electron chi connectivity index (χ3n) is 5.58. The van der Waals surface area contributed by atoms with Crippen molar-refractivity contribution in [3.05, 3.63) is 47.2 Å². The lowest BCUT2D eigenvalue weighted by atomic mass is 9.98. The number of rotatable bonds is 3. The molecule has 0 radical (unpaired) electrons. The van der Waals surface area contributed by atoms with E-state index in [1.807, 2.05) is 13.0 Å². The Morgan fingerprint density at radius 2 is 2.00 bits per heavy atom. The number of hydrogen-bond acceptors (Lipinski definition) is 4. The number of hydrogen-bond donors (Lipinski definition) is 0. The summed E-state index contributed by atoms with van der Waals surface area (Å²) in [6, 6.07) is 3.46. The topological polar surface area (TPSA) is 68.3 Å². The van der Waals surface area contributed by atoms with Gasteiger partial charge < -0.3 is 4.90 Å². The molecule has 10 heteroatoms. The first kappa shape index (κ1) is 20.4. The number of aromatic nitrogens is 5. The summed E-state index contributed by atoms with van der Waals surface area (Å²) in [6.07, 6.45) is -0.562. The number of amides is 1. The summed E-state index contributed by atoms with van der Waals surface area (Å²) in [6.45, 7) is 5.71. The molecule has 3 aromatic heterocycles. The molecule has 1 aliphatic heterocycles. The van der Waals surface area contributed by atoms with Crippen LogP contribution in [-0.4, -0.2) is 41.7 Å². The molecular weight excluding hydrogens is 397 g/mol. The predicted octanol–water partition coefficient (Wildman–Crippen LogP) is 3.88. The van der Waals surface area contributed by atoms with Crippen LogP contribution in [-0.2, 0) is 11.0 Å². The first-order valence-corrected chi connectivity index (χ1v) is 9.92. The van der Waals surface area contributed by atoms with Crippen molar-refractivity contribution >= 4 is 11.6 Å². The van der Waals surface area contributed by atoms with E-state index in [1.165, 1.54) is 6.92 Å². The monoisotopic (exact) mass is 420 g/mol. The van der Waals surface area contributed by atoms with Gasteiger partial charge in [0.2, 0.25) is 5.91 Å². The number of halogens is 3. The number of carbonyl (C=O) groups excluding carboxylic acids is 1. The van der Waals surface area contributed by atoms with Gasteiger partial charge in [0.15, 0.2) is 5.65 Å². The summed E-state index contributed by atoms with van der Waals surface area (Å²) in [5.74, 6) is -0.122. The maximum absolute atomic E-state index is 13.5. The summed E-state index contributed by atoms with van der Waals surface area (Å²) < 4.78 is 43.0. The molecule has 3 aromatic rings. The Hall–Kier alpha value is -2.91. The van der Waals surface area contributed by atoms with Crippen LogP contribution in [0.15, 0.2) is 24.4 Å². The maximum atomic E-state index is 13.5. The van der Waals surface area contributed by atoms with Crippen molar-refractivity contribution in [2.45, 2.75) is 58.3 Å². The van der Waals surface area contributed by atoms with Crippen LogP contribution in [0.2, 0.25) is 0 Å². The first-order chi connectivity index (χ1) is 14.2. The van der Waals surface area contributed by atoms with Gasteiger partial charge in [0.1, 0.15) is 11.7 Å². The smallest absolute Gasteiger partial charge is 0.332 e. The van der Waals surface area contributed by atoms with Crippen LogP contribution in [0.5, 0.6) is 0 Å². The molecule has 2 atom stereocenters. The molecule has 0 N–H and O–H groups in total. The number of likely N-dealkylation sites (tertiary alicyclic amines) is 1. The molecule has 160 valence electrons. The third-order valence-corrected chi connectivity index (χ3v) is 5.58. The van der Waals surface area contributed by atoms with Crippen LogP contribution in [0.1, 0.15) is 61.0 Å². The lowest BCUT2D eigenvalue weighted by molar-refractivity contribution is -0.143. The van der Waals surface area contributed by atoms with Crippen molar-refractivity contribution in [1.29, 1.82) is 0 Å². The minimum Gasteiger partial charge on any atom is -0.332 e. The zero-order valence-corrected chi connectivity index (χ0v) is 17.0. The highest BCUT2D eigenvalue weighted by Gasteiger charge is 2.37. The second-order valence-electron chi connectivity index (χ2n) is 7.76. The second kappa shape index (κ2) is 7.41. The fourth-order valence-corrected chi connectivity index (χ4v) is 4.12. The van der Waals surface area contributed by atoms with E-state index in [4.69, 9.17) is 0 Å². The molecule has 30 heavy (non-hydrogen) atoms. The highest BCUT2D eigenvalue weighted by atomic mass is 19.4. The zero-order valence-electron chi connectivity index (χ0n) is 17.0. The Balaban J connectivity index is 1.72. The average Bonchev–Trinajstić information content (AvgIpc) is 3.31. The molecule has 7 nitrogen and oxygen atoms in total. The maximum Gasteiger partial charge on any atom is 0.433 e. The van der Waals surface area contributed by atoms with Gasteiger partial charge in [-0.3, -0.25) is 9.48 Å². The van der Waals surface area contributed by atoms with Gasteiger partial charge in [0, 0.05) is 30.2 Å². The summed E-state index contributed by atoms with van der Waals surface area (Å²) in [5, 5.41) is 8.46. The standard InChI is InChI=1S/C20H23F3N6O/c1-12-10-17(20(21,22)23)29-18(25-12)11-15(26-29)16-6-4-5-9-27(16)19(30)14(3)28-13(2)7-8-24-28/h7-8,10-11,14,16H,4-6,9H2,1-3H3/t14-,16-/m0/s1. The highest BCUT2D eigenvalue weighted by molar-refractivity contribution is 5.80.